The molecule has 0 amide bonds. The van der Waals surface area contributed by atoms with Crippen LogP contribution in [-0.4, -0.2) is 19.0 Å². The van der Waals surface area contributed by atoms with Crippen LogP contribution in [0.15, 0.2) is 0 Å². The largest absolute Gasteiger partial charge is 0.378 e. The van der Waals surface area contributed by atoms with Gasteiger partial charge in [0.2, 0.25) is 0 Å². The third kappa shape index (κ3) is 2.31. The molecule has 0 unspecified atom stereocenters. The van der Waals surface area contributed by atoms with E-state index in [0.29, 0.717) is 0 Å². The first kappa shape index (κ1) is 9.72. The Kier molecular flexibility index (Phi) is 2.89. The van der Waals surface area contributed by atoms with E-state index >= 15 is 0 Å². The van der Waals surface area contributed by atoms with E-state index in [4.69, 9.17) is 4.74 Å². The molecule has 0 aromatic carbocycles. The van der Waals surface area contributed by atoms with Gasteiger partial charge in [-0.05, 0) is 18.3 Å². The molecule has 0 saturated carbocycles. The van der Waals surface area contributed by atoms with Gasteiger partial charge in [-0.3, -0.25) is 0 Å². The first-order valence-corrected chi connectivity index (χ1v) is 4.61. The maximum atomic E-state index is 10.6. The van der Waals surface area contributed by atoms with Gasteiger partial charge in [0, 0.05) is 12.5 Å². The maximum absolute atomic E-state index is 10.6. The molecule has 1 aliphatic heterocycles. The third-order valence-corrected chi connectivity index (χ3v) is 2.48. The van der Waals surface area contributed by atoms with Gasteiger partial charge in [0.25, 0.3) is 0 Å². The SMILES string of the molecule is CC(C)(C)[C@@H]1C[C@@H](C=O)CCO1. The Morgan fingerprint density at radius 2 is 2.08 bits per heavy atom. The summed E-state index contributed by atoms with van der Waals surface area (Å²) in [6.07, 6.45) is 3.12. The van der Waals surface area contributed by atoms with Crippen LogP contribution in [0.1, 0.15) is 33.6 Å². The van der Waals surface area contributed by atoms with Crippen LogP contribution in [0.25, 0.3) is 0 Å². The van der Waals surface area contributed by atoms with E-state index in [1.165, 1.54) is 0 Å². The molecule has 0 aromatic heterocycles. The monoisotopic (exact) mass is 170 g/mol. The molecule has 1 rings (SSSR count). The van der Waals surface area contributed by atoms with Gasteiger partial charge >= 0.3 is 0 Å². The molecule has 1 heterocycles. The summed E-state index contributed by atoms with van der Waals surface area (Å²) >= 11 is 0. The van der Waals surface area contributed by atoms with E-state index in [1.807, 2.05) is 0 Å². The van der Waals surface area contributed by atoms with Crippen molar-refractivity contribution < 1.29 is 9.53 Å². The maximum Gasteiger partial charge on any atom is 0.123 e. The van der Waals surface area contributed by atoms with Gasteiger partial charge in [0.1, 0.15) is 6.29 Å². The Labute approximate surface area is 74.3 Å². The zero-order chi connectivity index (χ0) is 9.19. The molecule has 0 spiro atoms. The lowest BCUT2D eigenvalue weighted by Gasteiger charge is -2.35. The Morgan fingerprint density at radius 1 is 1.42 bits per heavy atom. The summed E-state index contributed by atoms with van der Waals surface area (Å²) in [6.45, 7) is 7.21. The first-order chi connectivity index (χ1) is 5.54. The summed E-state index contributed by atoms with van der Waals surface area (Å²) in [5.41, 5.74) is 0.168. The fourth-order valence-electron chi connectivity index (χ4n) is 1.55. The summed E-state index contributed by atoms with van der Waals surface area (Å²) in [5, 5.41) is 0. The van der Waals surface area contributed by atoms with Gasteiger partial charge in [-0.15, -0.1) is 0 Å². The number of ether oxygens (including phenoxy) is 1. The van der Waals surface area contributed by atoms with E-state index in [-0.39, 0.29) is 17.4 Å². The highest BCUT2D eigenvalue weighted by atomic mass is 16.5. The Bertz CT molecular complexity index is 158. The van der Waals surface area contributed by atoms with Crippen LogP contribution in [0.5, 0.6) is 0 Å². The lowest BCUT2D eigenvalue weighted by Crippen LogP contribution is -2.36. The minimum Gasteiger partial charge on any atom is -0.378 e. The summed E-state index contributed by atoms with van der Waals surface area (Å²) in [5.74, 6) is 0.225. The quantitative estimate of drug-likeness (QED) is 0.563. The van der Waals surface area contributed by atoms with Crippen molar-refractivity contribution in [1.82, 2.24) is 0 Å². The second-order valence-electron chi connectivity index (χ2n) is 4.65. The molecule has 1 fully saturated rings. The van der Waals surface area contributed by atoms with Crippen molar-refractivity contribution >= 4 is 6.29 Å². The Hall–Kier alpha value is -0.370. The highest BCUT2D eigenvalue weighted by Gasteiger charge is 2.31. The average molecular weight is 170 g/mol. The van der Waals surface area contributed by atoms with E-state index < -0.39 is 0 Å². The predicted octanol–water partition coefficient (Wildman–Crippen LogP) is 2.03. The van der Waals surface area contributed by atoms with Gasteiger partial charge in [-0.1, -0.05) is 20.8 Å². The molecule has 0 bridgehead atoms. The van der Waals surface area contributed by atoms with Crippen molar-refractivity contribution in [1.29, 1.82) is 0 Å². The van der Waals surface area contributed by atoms with E-state index in [1.54, 1.807) is 0 Å². The van der Waals surface area contributed by atoms with Crippen LogP contribution in [0.4, 0.5) is 0 Å². The summed E-state index contributed by atoms with van der Waals surface area (Å²) in [4.78, 5) is 10.6. The minimum atomic E-state index is 0.168. The third-order valence-electron chi connectivity index (χ3n) is 2.48. The number of rotatable bonds is 1. The van der Waals surface area contributed by atoms with E-state index in [9.17, 15) is 4.79 Å². The predicted molar refractivity (Wildman–Crippen MR) is 48.0 cm³/mol. The van der Waals surface area contributed by atoms with Crippen LogP contribution in [-0.2, 0) is 9.53 Å². The van der Waals surface area contributed by atoms with Crippen LogP contribution < -0.4 is 0 Å². The summed E-state index contributed by atoms with van der Waals surface area (Å²) in [7, 11) is 0. The molecule has 0 radical (unpaired) electrons. The molecule has 1 aliphatic rings. The number of hydrogen-bond acceptors (Lipinski definition) is 2. The van der Waals surface area contributed by atoms with Crippen molar-refractivity contribution in [3.63, 3.8) is 0 Å². The fourth-order valence-corrected chi connectivity index (χ4v) is 1.55. The zero-order valence-electron chi connectivity index (χ0n) is 8.17. The highest BCUT2D eigenvalue weighted by Crippen LogP contribution is 2.31. The standard InChI is InChI=1S/C10H18O2/c1-10(2,3)9-6-8(7-11)4-5-12-9/h7-9H,4-6H2,1-3H3/t8-,9-/m0/s1. The molecule has 2 atom stereocenters. The average Bonchev–Trinajstić information content (AvgIpc) is 2.03. The summed E-state index contributed by atoms with van der Waals surface area (Å²) in [6, 6.07) is 0. The number of carbonyl (C=O) groups excluding carboxylic acids is 1. The Morgan fingerprint density at radius 3 is 2.58 bits per heavy atom. The van der Waals surface area contributed by atoms with Crippen LogP contribution in [0.3, 0.4) is 0 Å². The van der Waals surface area contributed by atoms with Crippen LogP contribution >= 0.6 is 0 Å². The second kappa shape index (κ2) is 3.56. The molecule has 70 valence electrons. The van der Waals surface area contributed by atoms with Gasteiger partial charge in [-0.2, -0.15) is 0 Å². The molecule has 12 heavy (non-hydrogen) atoms. The Balaban J connectivity index is 2.51. The smallest absolute Gasteiger partial charge is 0.123 e. The van der Waals surface area contributed by atoms with Gasteiger partial charge in [0.15, 0.2) is 0 Å². The topological polar surface area (TPSA) is 26.3 Å². The molecule has 2 heteroatoms. The molecule has 0 aliphatic carbocycles. The molecule has 0 N–H and O–H groups in total. The van der Waals surface area contributed by atoms with Gasteiger partial charge in [0.05, 0.1) is 6.10 Å². The van der Waals surface area contributed by atoms with Gasteiger partial charge in [-0.25, -0.2) is 0 Å². The molecule has 0 aromatic rings. The molecule has 1 saturated heterocycles. The lowest BCUT2D eigenvalue weighted by atomic mass is 9.81. The van der Waals surface area contributed by atoms with Crippen molar-refractivity contribution in [2.75, 3.05) is 6.61 Å². The highest BCUT2D eigenvalue weighted by molar-refractivity contribution is 5.53. The van der Waals surface area contributed by atoms with Gasteiger partial charge < -0.3 is 9.53 Å². The summed E-state index contributed by atoms with van der Waals surface area (Å²) < 4.78 is 5.62. The van der Waals surface area contributed by atoms with E-state index in [0.717, 1.165) is 25.7 Å². The van der Waals surface area contributed by atoms with Crippen molar-refractivity contribution in [2.24, 2.45) is 11.3 Å². The van der Waals surface area contributed by atoms with E-state index in [2.05, 4.69) is 20.8 Å². The van der Waals surface area contributed by atoms with Crippen molar-refractivity contribution in [3.05, 3.63) is 0 Å². The lowest BCUT2D eigenvalue weighted by molar-refractivity contribution is -0.119. The molecular weight excluding hydrogens is 152 g/mol. The second-order valence-corrected chi connectivity index (χ2v) is 4.65. The molecule has 2 nitrogen and oxygen atoms in total. The van der Waals surface area contributed by atoms with Crippen LogP contribution in [0, 0.1) is 11.3 Å². The van der Waals surface area contributed by atoms with Crippen LogP contribution in [0.2, 0.25) is 0 Å². The first-order valence-electron chi connectivity index (χ1n) is 4.61. The number of carbonyl (C=O) groups is 1. The zero-order valence-corrected chi connectivity index (χ0v) is 8.17. The number of aldehydes is 1. The minimum absolute atomic E-state index is 0.168. The normalized spacial score (nSPS) is 31.6. The fraction of sp³-hybridized carbons (Fsp3) is 0.900. The number of hydrogen-bond donors (Lipinski definition) is 0. The van der Waals surface area contributed by atoms with Crippen molar-refractivity contribution in [3.8, 4) is 0 Å². The molecular formula is C10H18O2. The van der Waals surface area contributed by atoms with Crippen molar-refractivity contribution in [2.45, 2.75) is 39.7 Å².